The van der Waals surface area contributed by atoms with Gasteiger partial charge in [-0.05, 0) is 55.7 Å². The average molecular weight is 456 g/mol. The van der Waals surface area contributed by atoms with Crippen LogP contribution in [0.3, 0.4) is 0 Å². The fourth-order valence-electron chi connectivity index (χ4n) is 2.96. The number of aryl methyl sites for hydroxylation is 2. The first-order chi connectivity index (χ1) is 13.0. The molecule has 28 heavy (non-hydrogen) atoms. The summed E-state index contributed by atoms with van der Waals surface area (Å²) in [5, 5.41) is 1.56. The van der Waals surface area contributed by atoms with Gasteiger partial charge in [-0.25, -0.2) is 5.01 Å². The van der Waals surface area contributed by atoms with Gasteiger partial charge in [0.25, 0.3) is 0 Å². The largest absolute Gasteiger partial charge is 0.525 e. The Hall–Kier alpha value is -1.39. The maximum absolute atomic E-state index is 12.2. The van der Waals surface area contributed by atoms with Crippen molar-refractivity contribution in [1.29, 1.82) is 0 Å². The molecule has 0 saturated carbocycles. The molecule has 149 valence electrons. The van der Waals surface area contributed by atoms with Crippen LogP contribution in [0.15, 0.2) is 42.5 Å². The number of anilines is 2. The maximum Gasteiger partial charge on any atom is 0.242 e. The van der Waals surface area contributed by atoms with Crippen LogP contribution in [0.25, 0.3) is 0 Å². The van der Waals surface area contributed by atoms with Crippen molar-refractivity contribution < 1.29 is 42.2 Å². The smallest absolute Gasteiger partial charge is 0.242 e. The Morgan fingerprint density at radius 3 is 2.43 bits per heavy atom. The first-order valence-electron chi connectivity index (χ1n) is 9.74. The molecule has 4 nitrogen and oxygen atoms in total. The number of carbonyl (C=O) groups is 1. The number of benzene rings is 2. The summed E-state index contributed by atoms with van der Waals surface area (Å²) >= 11 is 0. The molecule has 0 aliphatic heterocycles. The van der Waals surface area contributed by atoms with E-state index in [-0.39, 0.29) is 38.6 Å². The van der Waals surface area contributed by atoms with E-state index in [9.17, 15) is 4.79 Å². The number of hydrogen-bond donors (Lipinski definition) is 1. The van der Waals surface area contributed by atoms with Crippen LogP contribution in [-0.2, 0) is 43.9 Å². The second-order valence-electron chi connectivity index (χ2n) is 6.77. The van der Waals surface area contributed by atoms with Crippen LogP contribution in [-0.4, -0.2) is 12.5 Å². The van der Waals surface area contributed by atoms with Gasteiger partial charge in [-0.1, -0.05) is 44.4 Å². The van der Waals surface area contributed by atoms with Crippen molar-refractivity contribution in [3.8, 4) is 5.75 Å². The van der Waals surface area contributed by atoms with Gasteiger partial charge in [0.05, 0.1) is 11.4 Å². The van der Waals surface area contributed by atoms with E-state index in [0.717, 1.165) is 29.1 Å². The molecule has 0 fully saturated rings. The molecule has 2 aromatic carbocycles. The number of nitrogens with zero attached hydrogens (tertiary/aromatic N) is 1. The number of carbonyl (C=O) groups excluding carboxylic acids is 1. The van der Waals surface area contributed by atoms with Gasteiger partial charge in [0.1, 0.15) is 5.75 Å². The topological polar surface area (TPSA) is 41.6 Å². The maximum atomic E-state index is 12.2. The molecule has 2 aromatic rings. The van der Waals surface area contributed by atoms with Gasteiger partial charge in [0, 0.05) is 45.7 Å². The summed E-state index contributed by atoms with van der Waals surface area (Å²) in [6.45, 7) is 9.84. The fourth-order valence-corrected chi connectivity index (χ4v) is 2.96. The minimum absolute atomic E-state index is 0. The number of nitrogens with one attached hydrogen (secondary N) is 1. The van der Waals surface area contributed by atoms with Gasteiger partial charge in [-0.3, -0.25) is 10.2 Å². The van der Waals surface area contributed by atoms with Gasteiger partial charge in [-0.2, -0.15) is 0 Å². The quantitative estimate of drug-likeness (QED) is 0.283. The van der Waals surface area contributed by atoms with Crippen molar-refractivity contribution in [1.82, 2.24) is 0 Å². The van der Waals surface area contributed by atoms with Crippen LogP contribution in [0.1, 0.15) is 50.7 Å². The fraction of sp³-hybridized carbons (Fsp3) is 0.391. The molecule has 1 amide bonds. The number of rotatable bonds is 10. The van der Waals surface area contributed by atoms with Crippen molar-refractivity contribution in [2.24, 2.45) is 0 Å². The molecular weight excluding hydrogens is 425 g/mol. The molecule has 1 N–H and O–H groups in total. The molecule has 0 aromatic heterocycles. The Bertz CT molecular complexity index is 732. The first-order valence-corrected chi connectivity index (χ1v) is 9.74. The van der Waals surface area contributed by atoms with E-state index in [1.165, 1.54) is 31.2 Å². The van der Waals surface area contributed by atoms with Crippen molar-refractivity contribution in [3.63, 3.8) is 0 Å². The van der Waals surface area contributed by atoms with Gasteiger partial charge in [-0.15, -0.1) is 0 Å². The number of ether oxygens (including phenoxy) is 1. The third-order valence-corrected chi connectivity index (χ3v) is 4.52. The van der Waals surface area contributed by atoms with E-state index < -0.39 is 0 Å². The van der Waals surface area contributed by atoms with E-state index in [2.05, 4.69) is 31.4 Å². The van der Waals surface area contributed by atoms with E-state index in [1.54, 1.807) is 11.9 Å². The number of unbranched alkanes of at least 4 members (excludes halogenated alkanes) is 3. The predicted octanol–water partition coefficient (Wildman–Crippen LogP) is 5.71. The molecule has 0 aliphatic carbocycles. The number of hydrogen-bond acceptors (Lipinski definition) is 3. The van der Waals surface area contributed by atoms with Crippen LogP contribution in [0, 0.1) is 13.8 Å². The van der Waals surface area contributed by atoms with Crippen LogP contribution >= 0.6 is 0 Å². The summed E-state index contributed by atoms with van der Waals surface area (Å²) in [6.07, 6.45) is 6.09. The van der Waals surface area contributed by atoms with Gasteiger partial charge < -0.3 is 11.7 Å². The summed E-state index contributed by atoms with van der Waals surface area (Å²) in [5.41, 5.74) is 7.14. The SMILES string of the molecule is [CH2-]COc1cc(NN(C(C)=O)c2ccc(CCCCCC)cc2)ccc1C.[Y]. The monoisotopic (exact) mass is 456 g/mol. The first kappa shape index (κ1) is 24.7. The predicted molar refractivity (Wildman–Crippen MR) is 113 cm³/mol. The zero-order chi connectivity index (χ0) is 19.6. The van der Waals surface area contributed by atoms with Crippen LogP contribution in [0.4, 0.5) is 11.4 Å². The van der Waals surface area contributed by atoms with Crippen molar-refractivity contribution in [2.75, 3.05) is 17.0 Å². The van der Waals surface area contributed by atoms with Crippen LogP contribution < -0.4 is 15.2 Å². The molecule has 5 heteroatoms. The van der Waals surface area contributed by atoms with E-state index in [0.29, 0.717) is 6.61 Å². The molecule has 1 radical (unpaired) electrons. The summed E-state index contributed by atoms with van der Waals surface area (Å²) < 4.78 is 5.54. The van der Waals surface area contributed by atoms with Crippen molar-refractivity contribution >= 4 is 17.3 Å². The van der Waals surface area contributed by atoms with Gasteiger partial charge in [0.2, 0.25) is 5.91 Å². The molecule has 0 heterocycles. The Kier molecular flexibility index (Phi) is 11.4. The second kappa shape index (κ2) is 13.0. The Labute approximate surface area is 194 Å². The van der Waals surface area contributed by atoms with Crippen LogP contribution in [0.2, 0.25) is 0 Å². The number of amides is 1. The summed E-state index contributed by atoms with van der Waals surface area (Å²) in [6, 6.07) is 14.0. The summed E-state index contributed by atoms with van der Waals surface area (Å²) in [7, 11) is 0. The average Bonchev–Trinajstić information content (AvgIpc) is 2.66. The third kappa shape index (κ3) is 7.56. The molecule has 0 saturated heterocycles. The number of hydrazine groups is 1. The zero-order valence-electron chi connectivity index (χ0n) is 17.3. The molecule has 0 spiro atoms. The standard InChI is InChI=1S/C23H31N2O2.Y/c1-5-7-8-9-10-20-12-15-22(16-13-20)25(19(4)26)24-21-14-11-18(3)23(17-21)27-6-2;/h11-17,24H,2,5-10H2,1,3-4H3;/q-1;. The Morgan fingerprint density at radius 2 is 1.82 bits per heavy atom. The van der Waals surface area contributed by atoms with E-state index >= 15 is 0 Å². The normalized spacial score (nSPS) is 10.1. The minimum Gasteiger partial charge on any atom is -0.525 e. The Balaban J connectivity index is 0.00000392. The van der Waals surface area contributed by atoms with E-state index in [1.807, 2.05) is 37.3 Å². The Morgan fingerprint density at radius 1 is 1.11 bits per heavy atom. The third-order valence-electron chi connectivity index (χ3n) is 4.52. The molecule has 0 aliphatic rings. The summed E-state index contributed by atoms with van der Waals surface area (Å²) in [5.74, 6) is 0.687. The molecule has 0 atom stereocenters. The zero-order valence-corrected chi connectivity index (χ0v) is 20.2. The minimum atomic E-state index is -0.0779. The molecule has 2 rings (SSSR count). The van der Waals surface area contributed by atoms with E-state index in [4.69, 9.17) is 4.74 Å². The van der Waals surface area contributed by atoms with Gasteiger partial charge in [0.15, 0.2) is 0 Å². The second-order valence-corrected chi connectivity index (χ2v) is 6.77. The van der Waals surface area contributed by atoms with Crippen molar-refractivity contribution in [3.05, 3.63) is 60.5 Å². The van der Waals surface area contributed by atoms with Gasteiger partial charge >= 0.3 is 0 Å². The molecule has 0 unspecified atom stereocenters. The van der Waals surface area contributed by atoms with Crippen molar-refractivity contribution in [2.45, 2.75) is 52.9 Å². The molecule has 0 bridgehead atoms. The molecular formula is C23H31N2O2Y-. The summed E-state index contributed by atoms with van der Waals surface area (Å²) in [4.78, 5) is 12.2. The van der Waals surface area contributed by atoms with Crippen LogP contribution in [0.5, 0.6) is 5.75 Å².